The molecule has 1 rings (SSSR count). The van der Waals surface area contributed by atoms with Gasteiger partial charge in [-0.1, -0.05) is 6.92 Å². The summed E-state index contributed by atoms with van der Waals surface area (Å²) in [4.78, 5) is 11.9. The van der Waals surface area contributed by atoms with Crippen LogP contribution in [0.1, 0.15) is 33.1 Å². The van der Waals surface area contributed by atoms with Crippen molar-refractivity contribution in [2.75, 3.05) is 26.3 Å². The van der Waals surface area contributed by atoms with Gasteiger partial charge in [-0.3, -0.25) is 4.79 Å². The van der Waals surface area contributed by atoms with Gasteiger partial charge in [0.05, 0.1) is 5.41 Å². The molecular weight excluding hydrogens is 204 g/mol. The van der Waals surface area contributed by atoms with Gasteiger partial charge in [0, 0.05) is 26.3 Å². The highest BCUT2D eigenvalue weighted by Crippen LogP contribution is 2.44. The summed E-state index contributed by atoms with van der Waals surface area (Å²) in [5, 5.41) is 2.96. The summed E-state index contributed by atoms with van der Waals surface area (Å²) in [7, 11) is 0. The predicted octanol–water partition coefficient (Wildman–Crippen LogP) is 0.904. The van der Waals surface area contributed by atoms with Gasteiger partial charge in [-0.25, -0.2) is 0 Å². The minimum absolute atomic E-state index is 0.129. The fraction of sp³-hybridized carbons (Fsp3) is 0.917. The third-order valence-electron chi connectivity index (χ3n) is 3.31. The van der Waals surface area contributed by atoms with Gasteiger partial charge in [0.1, 0.15) is 0 Å². The van der Waals surface area contributed by atoms with Crippen molar-refractivity contribution in [2.45, 2.75) is 33.1 Å². The second kappa shape index (κ2) is 6.21. The number of carbonyl (C=O) groups is 1. The first-order valence-electron chi connectivity index (χ1n) is 6.20. The molecule has 1 aliphatic carbocycles. The monoisotopic (exact) mass is 228 g/mol. The summed E-state index contributed by atoms with van der Waals surface area (Å²) < 4.78 is 5.21. The molecule has 4 heteroatoms. The lowest BCUT2D eigenvalue weighted by atomic mass is 9.62. The van der Waals surface area contributed by atoms with E-state index in [9.17, 15) is 4.79 Å². The Kier molecular flexibility index (Phi) is 5.22. The van der Waals surface area contributed by atoms with Gasteiger partial charge in [0.2, 0.25) is 5.91 Å². The second-order valence-corrected chi connectivity index (χ2v) is 4.80. The second-order valence-electron chi connectivity index (χ2n) is 4.80. The third-order valence-corrected chi connectivity index (χ3v) is 3.31. The van der Waals surface area contributed by atoms with E-state index in [4.69, 9.17) is 10.5 Å². The molecule has 0 aromatic carbocycles. The third kappa shape index (κ3) is 3.19. The van der Waals surface area contributed by atoms with Crippen LogP contribution in [0.2, 0.25) is 0 Å². The summed E-state index contributed by atoms with van der Waals surface area (Å²) >= 11 is 0. The van der Waals surface area contributed by atoms with Crippen molar-refractivity contribution in [3.8, 4) is 0 Å². The highest BCUT2D eigenvalue weighted by molar-refractivity contribution is 5.83. The first kappa shape index (κ1) is 13.5. The lowest BCUT2D eigenvalue weighted by Gasteiger charge is -2.44. The van der Waals surface area contributed by atoms with E-state index in [0.29, 0.717) is 25.6 Å². The number of amides is 1. The standard InChI is InChI=1S/C12H24N2O2/c1-3-16-6-4-5-14-11(15)12(9-13)7-10(2)8-12/h10H,3-9,13H2,1-2H3,(H,14,15). The van der Waals surface area contributed by atoms with E-state index < -0.39 is 0 Å². The van der Waals surface area contributed by atoms with Gasteiger partial charge in [0.15, 0.2) is 0 Å². The van der Waals surface area contributed by atoms with Crippen molar-refractivity contribution in [2.24, 2.45) is 17.1 Å². The summed E-state index contributed by atoms with van der Waals surface area (Å²) in [6.45, 7) is 6.73. The Morgan fingerprint density at radius 3 is 2.75 bits per heavy atom. The van der Waals surface area contributed by atoms with E-state index in [0.717, 1.165) is 25.9 Å². The van der Waals surface area contributed by atoms with E-state index in [-0.39, 0.29) is 11.3 Å². The fourth-order valence-electron chi connectivity index (χ4n) is 2.43. The Bertz CT molecular complexity index is 225. The molecule has 0 atom stereocenters. The molecule has 0 aromatic heterocycles. The Labute approximate surface area is 97.9 Å². The summed E-state index contributed by atoms with van der Waals surface area (Å²) in [5.41, 5.74) is 5.43. The Balaban J connectivity index is 2.19. The zero-order valence-corrected chi connectivity index (χ0v) is 10.4. The average molecular weight is 228 g/mol. The number of ether oxygens (including phenoxy) is 1. The molecule has 1 amide bonds. The Hall–Kier alpha value is -0.610. The van der Waals surface area contributed by atoms with Crippen molar-refractivity contribution < 1.29 is 9.53 Å². The highest BCUT2D eigenvalue weighted by atomic mass is 16.5. The average Bonchev–Trinajstić information content (AvgIpc) is 2.24. The maximum absolute atomic E-state index is 11.9. The van der Waals surface area contributed by atoms with Crippen LogP contribution in [0.4, 0.5) is 0 Å². The van der Waals surface area contributed by atoms with Gasteiger partial charge in [0.25, 0.3) is 0 Å². The molecule has 94 valence electrons. The van der Waals surface area contributed by atoms with Gasteiger partial charge in [-0.15, -0.1) is 0 Å². The van der Waals surface area contributed by atoms with Gasteiger partial charge in [-0.05, 0) is 32.1 Å². The Morgan fingerprint density at radius 2 is 2.25 bits per heavy atom. The molecule has 0 spiro atoms. The van der Waals surface area contributed by atoms with E-state index in [1.165, 1.54) is 0 Å². The molecular formula is C12H24N2O2. The van der Waals surface area contributed by atoms with E-state index in [1.54, 1.807) is 0 Å². The topological polar surface area (TPSA) is 64.3 Å². The summed E-state index contributed by atoms with van der Waals surface area (Å²) in [6.07, 6.45) is 2.73. The van der Waals surface area contributed by atoms with Gasteiger partial charge in [-0.2, -0.15) is 0 Å². The molecule has 1 saturated carbocycles. The van der Waals surface area contributed by atoms with Crippen molar-refractivity contribution in [1.82, 2.24) is 5.32 Å². The van der Waals surface area contributed by atoms with E-state index in [2.05, 4.69) is 12.2 Å². The number of hydrogen-bond donors (Lipinski definition) is 2. The molecule has 0 saturated heterocycles. The molecule has 16 heavy (non-hydrogen) atoms. The maximum atomic E-state index is 11.9. The normalized spacial score (nSPS) is 28.6. The van der Waals surface area contributed by atoms with E-state index >= 15 is 0 Å². The number of carbonyl (C=O) groups excluding carboxylic acids is 1. The van der Waals surface area contributed by atoms with Gasteiger partial charge >= 0.3 is 0 Å². The lowest BCUT2D eigenvalue weighted by Crippen LogP contribution is -2.53. The van der Waals surface area contributed by atoms with Crippen LogP contribution < -0.4 is 11.1 Å². The predicted molar refractivity (Wildman–Crippen MR) is 64.0 cm³/mol. The molecule has 0 aliphatic heterocycles. The highest BCUT2D eigenvalue weighted by Gasteiger charge is 2.46. The van der Waals surface area contributed by atoms with Gasteiger partial charge < -0.3 is 15.8 Å². The number of nitrogens with one attached hydrogen (secondary N) is 1. The smallest absolute Gasteiger partial charge is 0.227 e. The van der Waals surface area contributed by atoms with Crippen LogP contribution >= 0.6 is 0 Å². The molecule has 0 heterocycles. The minimum Gasteiger partial charge on any atom is -0.382 e. The molecule has 0 radical (unpaired) electrons. The first-order chi connectivity index (χ1) is 7.64. The minimum atomic E-state index is -0.273. The van der Waals surface area contributed by atoms with E-state index in [1.807, 2.05) is 6.92 Å². The SMILES string of the molecule is CCOCCCNC(=O)C1(CN)CC(C)C1. The maximum Gasteiger partial charge on any atom is 0.227 e. The van der Waals surface area contributed by atoms with Crippen molar-refractivity contribution in [1.29, 1.82) is 0 Å². The van der Waals surface area contributed by atoms with Crippen LogP contribution in [-0.2, 0) is 9.53 Å². The number of nitrogens with two attached hydrogens (primary N) is 1. The summed E-state index contributed by atoms with van der Waals surface area (Å²) in [6, 6.07) is 0. The number of hydrogen-bond acceptors (Lipinski definition) is 3. The lowest BCUT2D eigenvalue weighted by molar-refractivity contribution is -0.138. The van der Waals surface area contributed by atoms with Crippen LogP contribution in [0.15, 0.2) is 0 Å². The fourth-order valence-corrected chi connectivity index (χ4v) is 2.43. The molecule has 0 unspecified atom stereocenters. The number of rotatable bonds is 7. The molecule has 1 aliphatic rings. The van der Waals surface area contributed by atoms with Crippen molar-refractivity contribution in [3.05, 3.63) is 0 Å². The molecule has 4 nitrogen and oxygen atoms in total. The quantitative estimate of drug-likeness (QED) is 0.636. The van der Waals surface area contributed by atoms with Crippen LogP contribution in [-0.4, -0.2) is 32.2 Å². The molecule has 0 bridgehead atoms. The van der Waals surface area contributed by atoms with Crippen LogP contribution in [0.3, 0.4) is 0 Å². The summed E-state index contributed by atoms with van der Waals surface area (Å²) in [5.74, 6) is 0.766. The first-order valence-corrected chi connectivity index (χ1v) is 6.20. The zero-order valence-electron chi connectivity index (χ0n) is 10.4. The largest absolute Gasteiger partial charge is 0.382 e. The van der Waals surface area contributed by atoms with Crippen molar-refractivity contribution in [3.63, 3.8) is 0 Å². The van der Waals surface area contributed by atoms with Crippen molar-refractivity contribution >= 4 is 5.91 Å². The van der Waals surface area contributed by atoms with Crippen LogP contribution in [0.25, 0.3) is 0 Å². The Morgan fingerprint density at radius 1 is 1.56 bits per heavy atom. The van der Waals surface area contributed by atoms with Crippen LogP contribution in [0, 0.1) is 11.3 Å². The molecule has 3 N–H and O–H groups in total. The molecule has 0 aromatic rings. The zero-order chi connectivity index (χ0) is 12.0. The molecule has 1 fully saturated rings. The van der Waals surface area contributed by atoms with Crippen LogP contribution in [0.5, 0.6) is 0 Å².